The van der Waals surface area contributed by atoms with Crippen molar-refractivity contribution < 1.29 is 23.0 Å². The maximum absolute atomic E-state index is 14.3. The van der Waals surface area contributed by atoms with Crippen molar-refractivity contribution in [2.45, 2.75) is 38.8 Å². The monoisotopic (exact) mass is 442 g/mol. The second-order valence-electron chi connectivity index (χ2n) is 9.81. The Morgan fingerprint density at radius 2 is 1.94 bits per heavy atom. The van der Waals surface area contributed by atoms with E-state index in [0.29, 0.717) is 23.8 Å². The number of amides is 1. The first kappa shape index (κ1) is 21.2. The highest BCUT2D eigenvalue weighted by atomic mass is 19.1. The zero-order valence-corrected chi connectivity index (χ0v) is 18.4. The lowest BCUT2D eigenvalue weighted by Crippen LogP contribution is -2.53. The van der Waals surface area contributed by atoms with Gasteiger partial charge in [0.1, 0.15) is 23.5 Å². The maximum atomic E-state index is 14.3. The molecule has 0 aliphatic carbocycles. The lowest BCUT2D eigenvalue weighted by atomic mass is 9.78. The molecule has 2 aromatic carbocycles. The van der Waals surface area contributed by atoms with Gasteiger partial charge in [-0.25, -0.2) is 13.6 Å². The van der Waals surface area contributed by atoms with Crippen LogP contribution in [0.2, 0.25) is 0 Å². The largest absolute Gasteiger partial charge is 0.493 e. The van der Waals surface area contributed by atoms with Crippen molar-refractivity contribution >= 4 is 6.09 Å². The first-order valence-corrected chi connectivity index (χ1v) is 11.2. The Morgan fingerprint density at radius 1 is 1.16 bits per heavy atom. The molecule has 3 saturated heterocycles. The Bertz CT molecular complexity index is 1030. The third-order valence-electron chi connectivity index (χ3n) is 7.06. The Balaban J connectivity index is 1.37. The van der Waals surface area contributed by atoms with Crippen LogP contribution < -0.4 is 10.1 Å². The van der Waals surface area contributed by atoms with Gasteiger partial charge in [0.15, 0.2) is 0 Å². The molecule has 0 saturated carbocycles. The SMILES string of the molecule is CC1(C)COc2cc(-c3cc(F)ccc3F)ccc2C1NC(=O)O[C@H]1CN2CCC1CC2. The number of ether oxygens (including phenoxy) is 2. The number of fused-ring (bicyclic) bond motifs is 4. The van der Waals surface area contributed by atoms with Crippen LogP contribution in [0.5, 0.6) is 5.75 Å². The van der Waals surface area contributed by atoms with E-state index in [1.165, 1.54) is 6.07 Å². The molecule has 4 heterocycles. The topological polar surface area (TPSA) is 50.8 Å². The van der Waals surface area contributed by atoms with Crippen LogP contribution in [0.3, 0.4) is 0 Å². The Hall–Kier alpha value is -2.67. The summed E-state index contributed by atoms with van der Waals surface area (Å²) in [7, 11) is 0. The minimum atomic E-state index is -0.504. The summed E-state index contributed by atoms with van der Waals surface area (Å²) in [6, 6.07) is 8.30. The van der Waals surface area contributed by atoms with Gasteiger partial charge in [-0.05, 0) is 61.7 Å². The van der Waals surface area contributed by atoms with Gasteiger partial charge in [0, 0.05) is 23.1 Å². The van der Waals surface area contributed by atoms with Crippen LogP contribution >= 0.6 is 0 Å². The Kier molecular flexibility index (Phi) is 5.32. The van der Waals surface area contributed by atoms with Crippen molar-refractivity contribution in [2.24, 2.45) is 11.3 Å². The number of benzene rings is 2. The van der Waals surface area contributed by atoms with Crippen LogP contribution in [0.4, 0.5) is 13.6 Å². The number of nitrogens with zero attached hydrogens (tertiary/aromatic N) is 1. The number of hydrogen-bond acceptors (Lipinski definition) is 4. The second-order valence-corrected chi connectivity index (χ2v) is 9.81. The quantitative estimate of drug-likeness (QED) is 0.734. The molecule has 6 rings (SSSR count). The number of rotatable bonds is 3. The molecular formula is C25H28F2N2O3. The molecule has 2 bridgehead atoms. The van der Waals surface area contributed by atoms with Gasteiger partial charge in [0.05, 0.1) is 12.6 Å². The summed E-state index contributed by atoms with van der Waals surface area (Å²) in [5, 5.41) is 3.06. The van der Waals surface area contributed by atoms with Crippen molar-refractivity contribution in [3.8, 4) is 16.9 Å². The number of nitrogens with one attached hydrogen (secondary N) is 1. The molecule has 7 heteroatoms. The molecule has 1 unspecified atom stereocenters. The second kappa shape index (κ2) is 8.03. The van der Waals surface area contributed by atoms with Gasteiger partial charge in [0.2, 0.25) is 0 Å². The van der Waals surface area contributed by atoms with Crippen molar-refractivity contribution in [1.82, 2.24) is 10.2 Å². The molecule has 4 aliphatic heterocycles. The molecule has 0 spiro atoms. The minimum absolute atomic E-state index is 0.0711. The fourth-order valence-electron chi connectivity index (χ4n) is 5.16. The Morgan fingerprint density at radius 3 is 2.66 bits per heavy atom. The average molecular weight is 443 g/mol. The summed E-state index contributed by atoms with van der Waals surface area (Å²) < 4.78 is 39.7. The fourth-order valence-corrected chi connectivity index (χ4v) is 5.16. The zero-order chi connectivity index (χ0) is 22.5. The summed E-state index contributed by atoms with van der Waals surface area (Å²) >= 11 is 0. The van der Waals surface area contributed by atoms with Crippen LogP contribution in [-0.2, 0) is 4.74 Å². The van der Waals surface area contributed by atoms with E-state index in [1.54, 1.807) is 12.1 Å². The van der Waals surface area contributed by atoms with Crippen molar-refractivity contribution in [3.63, 3.8) is 0 Å². The van der Waals surface area contributed by atoms with Crippen LogP contribution in [0.1, 0.15) is 38.3 Å². The average Bonchev–Trinajstić information content (AvgIpc) is 2.78. The van der Waals surface area contributed by atoms with Gasteiger partial charge in [-0.3, -0.25) is 4.90 Å². The minimum Gasteiger partial charge on any atom is -0.493 e. The van der Waals surface area contributed by atoms with Crippen molar-refractivity contribution in [3.05, 3.63) is 53.6 Å². The van der Waals surface area contributed by atoms with Gasteiger partial charge < -0.3 is 14.8 Å². The molecule has 0 radical (unpaired) electrons. The smallest absolute Gasteiger partial charge is 0.407 e. The van der Waals surface area contributed by atoms with Crippen LogP contribution in [0.25, 0.3) is 11.1 Å². The van der Waals surface area contributed by atoms with Gasteiger partial charge in [-0.2, -0.15) is 0 Å². The molecule has 170 valence electrons. The predicted molar refractivity (Wildman–Crippen MR) is 116 cm³/mol. The first-order valence-electron chi connectivity index (χ1n) is 11.2. The van der Waals surface area contributed by atoms with E-state index in [9.17, 15) is 13.6 Å². The number of halogens is 2. The van der Waals surface area contributed by atoms with E-state index < -0.39 is 17.7 Å². The summed E-state index contributed by atoms with van der Waals surface area (Å²) in [5.74, 6) is -0.0162. The van der Waals surface area contributed by atoms with E-state index in [0.717, 1.165) is 50.2 Å². The summed E-state index contributed by atoms with van der Waals surface area (Å²) in [6.45, 7) is 7.39. The standard InChI is InChI=1S/C25H28F2N2O3/c1-25(2)14-31-21-11-16(19-12-17(26)4-6-20(19)27)3-5-18(21)23(25)28-24(30)32-22-13-29-9-7-15(22)8-10-29/h3-6,11-12,15,22-23H,7-10,13-14H2,1-2H3,(H,28,30)/t22-,23?/m0/s1. The summed E-state index contributed by atoms with van der Waals surface area (Å²) in [5.41, 5.74) is 1.13. The molecule has 1 amide bonds. The number of piperidine rings is 3. The van der Waals surface area contributed by atoms with Gasteiger partial charge in [0.25, 0.3) is 0 Å². The molecule has 0 aromatic heterocycles. The van der Waals surface area contributed by atoms with Crippen LogP contribution in [0.15, 0.2) is 36.4 Å². The van der Waals surface area contributed by atoms with Gasteiger partial charge in [-0.15, -0.1) is 0 Å². The van der Waals surface area contributed by atoms with E-state index >= 15 is 0 Å². The van der Waals surface area contributed by atoms with Crippen LogP contribution in [0, 0.1) is 23.0 Å². The van der Waals surface area contributed by atoms with Crippen molar-refractivity contribution in [1.29, 1.82) is 0 Å². The lowest BCUT2D eigenvalue weighted by molar-refractivity contribution is -0.0361. The number of alkyl carbamates (subject to hydrolysis) is 1. The molecule has 1 N–H and O–H groups in total. The third-order valence-corrected chi connectivity index (χ3v) is 7.06. The highest BCUT2D eigenvalue weighted by molar-refractivity contribution is 5.70. The molecule has 3 fully saturated rings. The molecule has 2 aromatic rings. The van der Waals surface area contributed by atoms with Crippen molar-refractivity contribution in [2.75, 3.05) is 26.2 Å². The van der Waals surface area contributed by atoms with Gasteiger partial charge in [-0.1, -0.05) is 26.0 Å². The number of carbonyl (C=O) groups is 1. The summed E-state index contributed by atoms with van der Waals surface area (Å²) in [4.78, 5) is 15.2. The molecule has 2 atom stereocenters. The summed E-state index contributed by atoms with van der Waals surface area (Å²) in [6.07, 6.45) is 1.65. The van der Waals surface area contributed by atoms with Crippen LogP contribution in [-0.4, -0.2) is 43.3 Å². The zero-order valence-electron chi connectivity index (χ0n) is 18.4. The first-order chi connectivity index (χ1) is 15.3. The highest BCUT2D eigenvalue weighted by Gasteiger charge is 2.41. The number of hydrogen-bond donors (Lipinski definition) is 1. The normalized spacial score (nSPS) is 27.9. The van der Waals surface area contributed by atoms with Gasteiger partial charge >= 0.3 is 6.09 Å². The maximum Gasteiger partial charge on any atom is 0.407 e. The molecule has 32 heavy (non-hydrogen) atoms. The fraction of sp³-hybridized carbons (Fsp3) is 0.480. The van der Waals surface area contributed by atoms with E-state index in [2.05, 4.69) is 10.2 Å². The Labute approximate surface area is 186 Å². The van der Waals surface area contributed by atoms with E-state index in [1.807, 2.05) is 19.9 Å². The van der Waals surface area contributed by atoms with E-state index in [-0.39, 0.29) is 23.1 Å². The molecule has 5 nitrogen and oxygen atoms in total. The number of carbonyl (C=O) groups excluding carboxylic acids is 1. The highest BCUT2D eigenvalue weighted by Crippen LogP contribution is 2.44. The molecule has 4 aliphatic rings. The van der Waals surface area contributed by atoms with E-state index in [4.69, 9.17) is 9.47 Å². The predicted octanol–water partition coefficient (Wildman–Crippen LogP) is 4.91. The third kappa shape index (κ3) is 3.94. The lowest BCUT2D eigenvalue weighted by Gasteiger charge is -2.44. The molecular weight excluding hydrogens is 414 g/mol.